The highest BCUT2D eigenvalue weighted by molar-refractivity contribution is 4.87. The Balaban J connectivity index is 1.87. The molecular weight excluding hydrogens is 186 g/mol. The van der Waals surface area contributed by atoms with Gasteiger partial charge in [0.1, 0.15) is 0 Å². The molecule has 0 aromatic rings. The van der Waals surface area contributed by atoms with Gasteiger partial charge in [-0.1, -0.05) is 38.5 Å². The fourth-order valence-corrected chi connectivity index (χ4v) is 3.10. The predicted octanol–water partition coefficient (Wildman–Crippen LogP) is 3.00. The van der Waals surface area contributed by atoms with Crippen molar-refractivity contribution < 1.29 is 4.74 Å². The van der Waals surface area contributed by atoms with Crippen molar-refractivity contribution >= 4 is 0 Å². The molecule has 0 unspecified atom stereocenters. The highest BCUT2D eigenvalue weighted by atomic mass is 16.5. The largest absolute Gasteiger partial charge is 0.370 e. The molecule has 2 heteroatoms. The van der Waals surface area contributed by atoms with Gasteiger partial charge in [0.25, 0.3) is 0 Å². The third-order valence-corrected chi connectivity index (χ3v) is 4.11. The molecule has 0 radical (unpaired) electrons. The summed E-state index contributed by atoms with van der Waals surface area (Å²) in [6, 6.07) is 0. The van der Waals surface area contributed by atoms with Crippen molar-refractivity contribution in [1.29, 1.82) is 0 Å². The van der Waals surface area contributed by atoms with E-state index in [1.54, 1.807) is 0 Å². The highest BCUT2D eigenvalue weighted by Gasteiger charge is 2.34. The zero-order chi connectivity index (χ0) is 10.6. The smallest absolute Gasteiger partial charge is 0.0807 e. The zero-order valence-corrected chi connectivity index (χ0v) is 9.84. The van der Waals surface area contributed by atoms with E-state index >= 15 is 0 Å². The average molecular weight is 211 g/mol. The van der Waals surface area contributed by atoms with Crippen LogP contribution >= 0.6 is 0 Å². The van der Waals surface area contributed by atoms with Crippen LogP contribution < -0.4 is 5.73 Å². The van der Waals surface area contributed by atoms with E-state index in [0.717, 1.165) is 6.54 Å². The van der Waals surface area contributed by atoms with Crippen LogP contribution in [-0.4, -0.2) is 18.2 Å². The summed E-state index contributed by atoms with van der Waals surface area (Å²) in [6.45, 7) is 0.726. The first-order valence-electron chi connectivity index (χ1n) is 6.73. The Labute approximate surface area is 93.6 Å². The Morgan fingerprint density at radius 1 is 0.933 bits per heavy atom. The van der Waals surface area contributed by atoms with Crippen LogP contribution in [0.2, 0.25) is 0 Å². The lowest BCUT2D eigenvalue weighted by molar-refractivity contribution is -0.117. The number of ether oxygens (including phenoxy) is 1. The molecule has 15 heavy (non-hydrogen) atoms. The Bertz CT molecular complexity index is 181. The minimum absolute atomic E-state index is 0.0558. The molecule has 0 aromatic heterocycles. The Morgan fingerprint density at radius 2 is 1.53 bits per heavy atom. The quantitative estimate of drug-likeness (QED) is 0.779. The van der Waals surface area contributed by atoms with E-state index < -0.39 is 0 Å². The van der Waals surface area contributed by atoms with Gasteiger partial charge < -0.3 is 10.5 Å². The lowest BCUT2D eigenvalue weighted by Crippen LogP contribution is -2.45. The first-order valence-corrected chi connectivity index (χ1v) is 6.73. The van der Waals surface area contributed by atoms with Gasteiger partial charge in [-0.2, -0.15) is 0 Å². The van der Waals surface area contributed by atoms with Crippen molar-refractivity contribution in [1.82, 2.24) is 0 Å². The van der Waals surface area contributed by atoms with Crippen molar-refractivity contribution in [3.63, 3.8) is 0 Å². The minimum atomic E-state index is 0.0558. The fraction of sp³-hybridized carbons (Fsp3) is 1.00. The van der Waals surface area contributed by atoms with Gasteiger partial charge in [-0.3, -0.25) is 0 Å². The van der Waals surface area contributed by atoms with Gasteiger partial charge in [0, 0.05) is 6.54 Å². The Kier molecular flexibility index (Phi) is 4.04. The molecule has 0 aromatic carbocycles. The van der Waals surface area contributed by atoms with Crippen LogP contribution in [-0.2, 0) is 4.74 Å². The summed E-state index contributed by atoms with van der Waals surface area (Å²) in [5.41, 5.74) is 5.99. The third kappa shape index (κ3) is 2.94. The first kappa shape index (κ1) is 11.4. The highest BCUT2D eigenvalue weighted by Crippen LogP contribution is 2.34. The monoisotopic (exact) mass is 211 g/mol. The fourth-order valence-electron chi connectivity index (χ4n) is 3.10. The summed E-state index contributed by atoms with van der Waals surface area (Å²) >= 11 is 0. The maximum Gasteiger partial charge on any atom is 0.0807 e. The summed E-state index contributed by atoms with van der Waals surface area (Å²) in [4.78, 5) is 0. The van der Waals surface area contributed by atoms with E-state index in [4.69, 9.17) is 10.5 Å². The van der Waals surface area contributed by atoms with Gasteiger partial charge in [-0.25, -0.2) is 0 Å². The molecule has 0 bridgehead atoms. The minimum Gasteiger partial charge on any atom is -0.370 e. The molecule has 88 valence electrons. The molecule has 0 spiro atoms. The SMILES string of the molecule is NCC1(OC2CCCCC2)CCCCC1. The number of rotatable bonds is 3. The number of hydrogen-bond acceptors (Lipinski definition) is 2. The molecule has 2 N–H and O–H groups in total. The Hall–Kier alpha value is -0.0800. The van der Waals surface area contributed by atoms with Gasteiger partial charge in [0.2, 0.25) is 0 Å². The summed E-state index contributed by atoms with van der Waals surface area (Å²) < 4.78 is 6.34. The van der Waals surface area contributed by atoms with Gasteiger partial charge in [-0.15, -0.1) is 0 Å². The van der Waals surface area contributed by atoms with Crippen molar-refractivity contribution in [3.8, 4) is 0 Å². The molecule has 2 aliphatic carbocycles. The van der Waals surface area contributed by atoms with Gasteiger partial charge >= 0.3 is 0 Å². The second-order valence-electron chi connectivity index (χ2n) is 5.33. The maximum atomic E-state index is 6.34. The lowest BCUT2D eigenvalue weighted by atomic mass is 9.84. The van der Waals surface area contributed by atoms with Crippen molar-refractivity contribution in [2.45, 2.75) is 75.9 Å². The Morgan fingerprint density at radius 3 is 2.13 bits per heavy atom. The van der Waals surface area contributed by atoms with Crippen molar-refractivity contribution in [2.75, 3.05) is 6.54 Å². The van der Waals surface area contributed by atoms with Crippen LogP contribution in [0.5, 0.6) is 0 Å². The predicted molar refractivity (Wildman–Crippen MR) is 62.8 cm³/mol. The summed E-state index contributed by atoms with van der Waals surface area (Å²) in [6.07, 6.45) is 13.5. The van der Waals surface area contributed by atoms with E-state index in [0.29, 0.717) is 6.10 Å². The van der Waals surface area contributed by atoms with Crippen LogP contribution in [0.25, 0.3) is 0 Å². The van der Waals surface area contributed by atoms with Crippen LogP contribution in [0, 0.1) is 0 Å². The normalized spacial score (nSPS) is 27.8. The molecule has 0 saturated heterocycles. The van der Waals surface area contributed by atoms with Crippen molar-refractivity contribution in [2.24, 2.45) is 5.73 Å². The molecule has 2 nitrogen and oxygen atoms in total. The van der Waals surface area contributed by atoms with E-state index in [-0.39, 0.29) is 5.60 Å². The average Bonchev–Trinajstić information content (AvgIpc) is 2.32. The van der Waals surface area contributed by atoms with Crippen LogP contribution in [0.15, 0.2) is 0 Å². The maximum absolute atomic E-state index is 6.34. The summed E-state index contributed by atoms with van der Waals surface area (Å²) in [5.74, 6) is 0. The first-order chi connectivity index (χ1) is 7.35. The van der Waals surface area contributed by atoms with Gasteiger partial charge in [0.05, 0.1) is 11.7 Å². The molecule has 2 fully saturated rings. The van der Waals surface area contributed by atoms with Crippen LogP contribution in [0.3, 0.4) is 0 Å². The van der Waals surface area contributed by atoms with Gasteiger partial charge in [0.15, 0.2) is 0 Å². The number of hydrogen-bond donors (Lipinski definition) is 1. The molecule has 0 amide bonds. The van der Waals surface area contributed by atoms with E-state index in [2.05, 4.69) is 0 Å². The second-order valence-corrected chi connectivity index (χ2v) is 5.33. The van der Waals surface area contributed by atoms with Crippen LogP contribution in [0.1, 0.15) is 64.2 Å². The summed E-state index contributed by atoms with van der Waals surface area (Å²) in [5, 5.41) is 0. The van der Waals surface area contributed by atoms with E-state index in [1.807, 2.05) is 0 Å². The van der Waals surface area contributed by atoms with E-state index in [1.165, 1.54) is 64.2 Å². The molecule has 0 heterocycles. The second kappa shape index (κ2) is 5.31. The molecular formula is C13H25NO. The molecule has 0 aliphatic heterocycles. The topological polar surface area (TPSA) is 35.2 Å². The summed E-state index contributed by atoms with van der Waals surface area (Å²) in [7, 11) is 0. The zero-order valence-electron chi connectivity index (χ0n) is 9.84. The molecule has 2 rings (SSSR count). The standard InChI is InChI=1S/C13H25NO/c14-11-13(9-5-2-6-10-13)15-12-7-3-1-4-8-12/h12H,1-11,14H2. The molecule has 0 atom stereocenters. The van der Waals surface area contributed by atoms with Crippen LogP contribution in [0.4, 0.5) is 0 Å². The van der Waals surface area contributed by atoms with Gasteiger partial charge in [-0.05, 0) is 25.7 Å². The number of nitrogens with two attached hydrogens (primary N) is 1. The molecule has 2 saturated carbocycles. The third-order valence-electron chi connectivity index (χ3n) is 4.11. The van der Waals surface area contributed by atoms with Crippen molar-refractivity contribution in [3.05, 3.63) is 0 Å². The lowest BCUT2D eigenvalue weighted by Gasteiger charge is -2.40. The van der Waals surface area contributed by atoms with E-state index in [9.17, 15) is 0 Å². The molecule has 2 aliphatic rings.